The Morgan fingerprint density at radius 3 is 2.57 bits per heavy atom. The largest absolute Gasteiger partial charge is 0.447 e. The van der Waals surface area contributed by atoms with E-state index in [1.54, 1.807) is 4.90 Å². The second-order valence-electron chi connectivity index (χ2n) is 3.47. The van der Waals surface area contributed by atoms with Crippen molar-refractivity contribution >= 4 is 6.09 Å². The van der Waals surface area contributed by atoms with Crippen molar-refractivity contribution in [1.82, 2.24) is 4.90 Å². The van der Waals surface area contributed by atoms with Gasteiger partial charge in [0.2, 0.25) is 0 Å². The Labute approximate surface area is 85.2 Å². The third-order valence-electron chi connectivity index (χ3n) is 2.34. The van der Waals surface area contributed by atoms with E-state index in [2.05, 4.69) is 11.7 Å². The second kappa shape index (κ2) is 6.62. The number of carbonyl (C=O) groups is 1. The number of alkyl halides is 1. The summed E-state index contributed by atoms with van der Waals surface area (Å²) in [5.74, 6) is 0.685. The van der Waals surface area contributed by atoms with E-state index in [9.17, 15) is 9.18 Å². The Hall–Kier alpha value is -0.800. The van der Waals surface area contributed by atoms with E-state index in [1.807, 2.05) is 0 Å². The molecule has 1 fully saturated rings. The van der Waals surface area contributed by atoms with Crippen molar-refractivity contribution in [3.8, 4) is 0 Å². The summed E-state index contributed by atoms with van der Waals surface area (Å²) in [6, 6.07) is 0. The molecule has 0 saturated carbocycles. The minimum absolute atomic E-state index is 0. The van der Waals surface area contributed by atoms with Gasteiger partial charge in [-0.25, -0.2) is 9.18 Å². The molecule has 1 aliphatic heterocycles. The number of carbonyl (C=O) groups excluding carboxylic acids is 1. The first-order valence-corrected chi connectivity index (χ1v) is 4.71. The molecule has 0 radical (unpaired) electrons. The first-order valence-electron chi connectivity index (χ1n) is 4.71. The molecule has 0 bridgehead atoms. The Morgan fingerprint density at radius 1 is 1.50 bits per heavy atom. The standard InChI is InChI=1S/C9H16FNO2.CH4/c1-8-2-5-11(6-3-8)9(12)13-7-4-10;/h8H,2-7H2,1H3;1H4. The summed E-state index contributed by atoms with van der Waals surface area (Å²) in [5.41, 5.74) is 0. The highest BCUT2D eigenvalue weighted by Gasteiger charge is 2.20. The third-order valence-corrected chi connectivity index (χ3v) is 2.34. The van der Waals surface area contributed by atoms with Gasteiger partial charge in [0, 0.05) is 13.1 Å². The zero-order valence-electron chi connectivity index (χ0n) is 7.96. The first kappa shape index (κ1) is 13.2. The molecule has 0 aliphatic carbocycles. The van der Waals surface area contributed by atoms with Crippen molar-refractivity contribution < 1.29 is 13.9 Å². The topological polar surface area (TPSA) is 29.5 Å². The molecule has 1 heterocycles. The molecule has 0 aromatic rings. The van der Waals surface area contributed by atoms with Crippen molar-refractivity contribution in [3.63, 3.8) is 0 Å². The summed E-state index contributed by atoms with van der Waals surface area (Å²) in [6.45, 7) is 2.93. The molecule has 14 heavy (non-hydrogen) atoms. The molecular weight excluding hydrogens is 185 g/mol. The highest BCUT2D eigenvalue weighted by molar-refractivity contribution is 5.67. The molecule has 1 saturated heterocycles. The molecule has 0 spiro atoms. The van der Waals surface area contributed by atoms with Crippen LogP contribution in [0.5, 0.6) is 0 Å². The summed E-state index contributed by atoms with van der Waals surface area (Å²) in [7, 11) is 0. The molecule has 84 valence electrons. The van der Waals surface area contributed by atoms with Crippen LogP contribution in [0.4, 0.5) is 9.18 Å². The number of halogens is 1. The van der Waals surface area contributed by atoms with Crippen LogP contribution in [0.3, 0.4) is 0 Å². The van der Waals surface area contributed by atoms with Crippen LogP contribution in [0.2, 0.25) is 0 Å². The van der Waals surface area contributed by atoms with E-state index in [4.69, 9.17) is 0 Å². The number of amides is 1. The molecule has 1 amide bonds. The van der Waals surface area contributed by atoms with Gasteiger partial charge in [-0.05, 0) is 18.8 Å². The van der Waals surface area contributed by atoms with Crippen LogP contribution in [0.1, 0.15) is 27.2 Å². The SMILES string of the molecule is C.CC1CCN(C(=O)OCCF)CC1. The number of rotatable bonds is 2. The van der Waals surface area contributed by atoms with Gasteiger partial charge in [0.15, 0.2) is 0 Å². The van der Waals surface area contributed by atoms with Crippen LogP contribution >= 0.6 is 0 Å². The van der Waals surface area contributed by atoms with E-state index in [0.717, 1.165) is 25.9 Å². The summed E-state index contributed by atoms with van der Waals surface area (Å²) in [4.78, 5) is 12.8. The number of nitrogens with zero attached hydrogens (tertiary/aromatic N) is 1. The summed E-state index contributed by atoms with van der Waals surface area (Å²) < 4.78 is 16.4. The Kier molecular flexibility index (Phi) is 6.25. The van der Waals surface area contributed by atoms with Gasteiger partial charge >= 0.3 is 6.09 Å². The fraction of sp³-hybridized carbons (Fsp3) is 0.900. The second-order valence-corrected chi connectivity index (χ2v) is 3.47. The van der Waals surface area contributed by atoms with Gasteiger partial charge in [-0.2, -0.15) is 0 Å². The minimum atomic E-state index is -0.601. The van der Waals surface area contributed by atoms with Crippen LogP contribution in [0, 0.1) is 5.92 Å². The summed E-state index contributed by atoms with van der Waals surface area (Å²) in [5, 5.41) is 0. The predicted molar refractivity (Wildman–Crippen MR) is 54.0 cm³/mol. The molecule has 0 unspecified atom stereocenters. The number of likely N-dealkylation sites (tertiary alicyclic amines) is 1. The van der Waals surface area contributed by atoms with Crippen molar-refractivity contribution in [2.75, 3.05) is 26.4 Å². The zero-order valence-corrected chi connectivity index (χ0v) is 7.96. The van der Waals surface area contributed by atoms with E-state index in [-0.39, 0.29) is 20.1 Å². The fourth-order valence-corrected chi connectivity index (χ4v) is 1.41. The van der Waals surface area contributed by atoms with E-state index >= 15 is 0 Å². The molecule has 0 aromatic heterocycles. The fourth-order valence-electron chi connectivity index (χ4n) is 1.41. The van der Waals surface area contributed by atoms with Gasteiger partial charge in [0.05, 0.1) is 0 Å². The third kappa shape index (κ3) is 3.94. The van der Waals surface area contributed by atoms with Crippen molar-refractivity contribution in [2.24, 2.45) is 5.92 Å². The van der Waals surface area contributed by atoms with Gasteiger partial charge in [-0.1, -0.05) is 14.4 Å². The maximum absolute atomic E-state index is 11.7. The molecule has 3 nitrogen and oxygen atoms in total. The number of ether oxygens (including phenoxy) is 1. The number of hydrogen-bond acceptors (Lipinski definition) is 2. The van der Waals surface area contributed by atoms with Gasteiger partial charge < -0.3 is 9.64 Å². The first-order chi connectivity index (χ1) is 6.24. The maximum atomic E-state index is 11.7. The monoisotopic (exact) mass is 205 g/mol. The average molecular weight is 205 g/mol. The molecule has 0 atom stereocenters. The highest BCUT2D eigenvalue weighted by Crippen LogP contribution is 2.16. The van der Waals surface area contributed by atoms with Crippen LogP contribution in [-0.4, -0.2) is 37.4 Å². The highest BCUT2D eigenvalue weighted by atomic mass is 19.1. The molecule has 1 aliphatic rings. The van der Waals surface area contributed by atoms with Crippen molar-refractivity contribution in [1.29, 1.82) is 0 Å². The Morgan fingerprint density at radius 2 is 2.07 bits per heavy atom. The van der Waals surface area contributed by atoms with Crippen LogP contribution in [0.25, 0.3) is 0 Å². The smallest absolute Gasteiger partial charge is 0.409 e. The molecule has 0 N–H and O–H groups in total. The van der Waals surface area contributed by atoms with Crippen LogP contribution in [0.15, 0.2) is 0 Å². The molecule has 0 aromatic carbocycles. The Bertz CT molecular complexity index is 168. The van der Waals surface area contributed by atoms with Gasteiger partial charge in [-0.15, -0.1) is 0 Å². The lowest BCUT2D eigenvalue weighted by Gasteiger charge is -2.29. The van der Waals surface area contributed by atoms with Crippen molar-refractivity contribution in [2.45, 2.75) is 27.2 Å². The Balaban J connectivity index is 0.00000169. The molecule has 1 rings (SSSR count). The van der Waals surface area contributed by atoms with E-state index in [0.29, 0.717) is 5.92 Å². The average Bonchev–Trinajstić information content (AvgIpc) is 2.15. The number of piperidine rings is 1. The zero-order chi connectivity index (χ0) is 9.68. The lowest BCUT2D eigenvalue weighted by molar-refractivity contribution is 0.0842. The quantitative estimate of drug-likeness (QED) is 0.693. The van der Waals surface area contributed by atoms with Crippen LogP contribution in [-0.2, 0) is 4.74 Å². The predicted octanol–water partition coefficient (Wildman–Crippen LogP) is 2.46. The summed E-state index contributed by atoms with van der Waals surface area (Å²) >= 11 is 0. The minimum Gasteiger partial charge on any atom is -0.447 e. The van der Waals surface area contributed by atoms with Gasteiger partial charge in [-0.3, -0.25) is 0 Å². The normalized spacial score (nSPS) is 17.4. The lowest BCUT2D eigenvalue weighted by atomic mass is 10.00. The number of hydrogen-bond donors (Lipinski definition) is 0. The van der Waals surface area contributed by atoms with Gasteiger partial charge in [0.1, 0.15) is 13.3 Å². The van der Waals surface area contributed by atoms with Crippen molar-refractivity contribution in [3.05, 3.63) is 0 Å². The van der Waals surface area contributed by atoms with E-state index in [1.165, 1.54) is 0 Å². The maximum Gasteiger partial charge on any atom is 0.409 e. The van der Waals surface area contributed by atoms with Crippen LogP contribution < -0.4 is 0 Å². The van der Waals surface area contributed by atoms with E-state index < -0.39 is 6.67 Å². The molecule has 4 heteroatoms. The summed E-state index contributed by atoms with van der Waals surface area (Å²) in [6.07, 6.45) is 1.67. The van der Waals surface area contributed by atoms with Gasteiger partial charge in [0.25, 0.3) is 0 Å². The molecular formula is C10H20FNO2. The lowest BCUT2D eigenvalue weighted by Crippen LogP contribution is -2.38.